The molecule has 0 aliphatic carbocycles. The number of carbonyl (C=O) groups is 1. The molecule has 4 nitrogen and oxygen atoms in total. The molecule has 0 amide bonds. The molecule has 0 aliphatic rings. The first-order valence-electron chi connectivity index (χ1n) is 4.24. The predicted molar refractivity (Wildman–Crippen MR) is 59.6 cm³/mol. The molecule has 0 saturated carbocycles. The van der Waals surface area contributed by atoms with E-state index >= 15 is 0 Å². The van der Waals surface area contributed by atoms with Crippen molar-refractivity contribution >= 4 is 27.6 Å². The maximum absolute atomic E-state index is 10.6. The van der Waals surface area contributed by atoms with Gasteiger partial charge in [0.2, 0.25) is 0 Å². The van der Waals surface area contributed by atoms with Gasteiger partial charge in [-0.15, -0.1) is 0 Å². The van der Waals surface area contributed by atoms with Crippen molar-refractivity contribution in [3.63, 3.8) is 0 Å². The molecular weight excluding hydrogens is 260 g/mol. The van der Waals surface area contributed by atoms with Gasteiger partial charge in [0, 0.05) is 4.47 Å². The number of carboxylic acids is 1. The fourth-order valence-electron chi connectivity index (χ4n) is 1.05. The number of hydrogen-bond donors (Lipinski definition) is 2. The predicted octanol–water partition coefficient (Wildman–Crippen LogP) is 2.21. The lowest BCUT2D eigenvalue weighted by Gasteiger charge is -2.12. The lowest BCUT2D eigenvalue weighted by Crippen LogP contribution is -2.25. The van der Waals surface area contributed by atoms with Crippen molar-refractivity contribution in [3.8, 4) is 6.07 Å². The number of anilines is 1. The fraction of sp³-hybridized carbons (Fsp3) is 0.200. The van der Waals surface area contributed by atoms with Gasteiger partial charge in [0.15, 0.2) is 0 Å². The van der Waals surface area contributed by atoms with Crippen molar-refractivity contribution in [3.05, 3.63) is 28.2 Å². The third-order valence-electron chi connectivity index (χ3n) is 1.87. The van der Waals surface area contributed by atoms with Gasteiger partial charge in [-0.05, 0) is 35.0 Å². The van der Waals surface area contributed by atoms with Crippen LogP contribution in [0.15, 0.2) is 22.7 Å². The lowest BCUT2D eigenvalue weighted by atomic mass is 10.2. The van der Waals surface area contributed by atoms with Crippen LogP contribution >= 0.6 is 15.9 Å². The van der Waals surface area contributed by atoms with Crippen LogP contribution in [0.4, 0.5) is 5.69 Å². The van der Waals surface area contributed by atoms with Crippen molar-refractivity contribution in [2.45, 2.75) is 13.0 Å². The maximum atomic E-state index is 10.6. The topological polar surface area (TPSA) is 73.1 Å². The van der Waals surface area contributed by atoms with E-state index in [1.807, 2.05) is 6.07 Å². The van der Waals surface area contributed by atoms with Crippen LogP contribution in [0.3, 0.4) is 0 Å². The zero-order chi connectivity index (χ0) is 11.4. The van der Waals surface area contributed by atoms with Crippen molar-refractivity contribution in [2.75, 3.05) is 5.32 Å². The minimum absolute atomic E-state index is 0.408. The summed E-state index contributed by atoms with van der Waals surface area (Å²) >= 11 is 3.22. The number of nitrogens with one attached hydrogen (secondary N) is 1. The second kappa shape index (κ2) is 4.80. The second-order valence-corrected chi connectivity index (χ2v) is 3.83. The molecule has 1 atom stereocenters. The molecule has 78 valence electrons. The molecule has 0 fully saturated rings. The molecule has 1 unspecified atom stereocenters. The van der Waals surface area contributed by atoms with Crippen molar-refractivity contribution in [1.82, 2.24) is 0 Å². The summed E-state index contributed by atoms with van der Waals surface area (Å²) in [6, 6.07) is 6.41. The third-order valence-corrected chi connectivity index (χ3v) is 2.53. The van der Waals surface area contributed by atoms with E-state index in [9.17, 15) is 4.79 Å². The molecule has 0 saturated heterocycles. The normalized spacial score (nSPS) is 11.5. The molecule has 0 bridgehead atoms. The van der Waals surface area contributed by atoms with E-state index in [1.165, 1.54) is 6.92 Å². The van der Waals surface area contributed by atoms with Crippen LogP contribution in [0.25, 0.3) is 0 Å². The summed E-state index contributed by atoms with van der Waals surface area (Å²) in [6.07, 6.45) is 0. The number of carboxylic acid groups (broad SMARTS) is 1. The summed E-state index contributed by atoms with van der Waals surface area (Å²) in [5, 5.41) is 20.4. The van der Waals surface area contributed by atoms with Gasteiger partial charge in [-0.25, -0.2) is 0 Å². The summed E-state index contributed by atoms with van der Waals surface area (Å²) in [7, 11) is 0. The number of benzene rings is 1. The molecule has 1 aromatic carbocycles. The van der Waals surface area contributed by atoms with Gasteiger partial charge in [0.25, 0.3) is 0 Å². The second-order valence-electron chi connectivity index (χ2n) is 2.98. The van der Waals surface area contributed by atoms with Gasteiger partial charge in [-0.3, -0.25) is 4.79 Å². The highest BCUT2D eigenvalue weighted by Crippen LogP contribution is 2.24. The molecule has 5 heteroatoms. The zero-order valence-electron chi connectivity index (χ0n) is 7.99. The first-order chi connectivity index (χ1) is 7.06. The summed E-state index contributed by atoms with van der Waals surface area (Å²) < 4.78 is 0.646. The van der Waals surface area contributed by atoms with E-state index in [2.05, 4.69) is 21.2 Å². The Kier molecular flexibility index (Phi) is 3.69. The molecule has 15 heavy (non-hydrogen) atoms. The molecule has 1 aromatic rings. The van der Waals surface area contributed by atoms with Gasteiger partial charge in [0.05, 0.1) is 11.3 Å². The highest BCUT2D eigenvalue weighted by atomic mass is 79.9. The van der Waals surface area contributed by atoms with E-state index in [1.54, 1.807) is 18.2 Å². The number of hydrogen-bond acceptors (Lipinski definition) is 3. The summed E-state index contributed by atoms with van der Waals surface area (Å²) in [4.78, 5) is 10.6. The van der Waals surface area contributed by atoms with Crippen molar-refractivity contribution in [1.29, 1.82) is 5.26 Å². The van der Waals surface area contributed by atoms with Crippen LogP contribution in [0, 0.1) is 11.3 Å². The van der Waals surface area contributed by atoms with Gasteiger partial charge < -0.3 is 10.4 Å². The number of aliphatic carboxylic acids is 1. The van der Waals surface area contributed by atoms with Gasteiger partial charge in [-0.2, -0.15) is 5.26 Å². The van der Waals surface area contributed by atoms with E-state index in [0.29, 0.717) is 15.7 Å². The largest absolute Gasteiger partial charge is 0.480 e. The molecule has 0 radical (unpaired) electrons. The van der Waals surface area contributed by atoms with Crippen LogP contribution < -0.4 is 5.32 Å². The maximum Gasteiger partial charge on any atom is 0.325 e. The molecular formula is C10H9BrN2O2. The fourth-order valence-corrected chi connectivity index (χ4v) is 1.51. The third kappa shape index (κ3) is 2.70. The minimum Gasteiger partial charge on any atom is -0.480 e. The highest BCUT2D eigenvalue weighted by Gasteiger charge is 2.13. The van der Waals surface area contributed by atoms with E-state index < -0.39 is 12.0 Å². The number of nitriles is 1. The quantitative estimate of drug-likeness (QED) is 0.882. The number of rotatable bonds is 3. The first-order valence-corrected chi connectivity index (χ1v) is 5.03. The van der Waals surface area contributed by atoms with E-state index in [0.717, 1.165) is 0 Å². The van der Waals surface area contributed by atoms with Gasteiger partial charge >= 0.3 is 5.97 Å². The Hall–Kier alpha value is -1.54. The Bertz CT molecular complexity index is 426. The van der Waals surface area contributed by atoms with Crippen LogP contribution in [0.1, 0.15) is 12.5 Å². The SMILES string of the molecule is CC(Nc1cccc(Br)c1C#N)C(=O)O. The Morgan fingerprint density at radius 2 is 2.33 bits per heavy atom. The summed E-state index contributed by atoms with van der Waals surface area (Å²) in [5.74, 6) is -0.959. The average molecular weight is 269 g/mol. The summed E-state index contributed by atoms with van der Waals surface area (Å²) in [5.41, 5.74) is 0.923. The lowest BCUT2D eigenvalue weighted by molar-refractivity contribution is -0.137. The Labute approximate surface area is 95.7 Å². The molecule has 0 aliphatic heterocycles. The monoisotopic (exact) mass is 268 g/mol. The average Bonchev–Trinajstić information content (AvgIpc) is 2.18. The molecule has 0 heterocycles. The van der Waals surface area contributed by atoms with Crippen LogP contribution in [-0.4, -0.2) is 17.1 Å². The van der Waals surface area contributed by atoms with Crippen LogP contribution in [-0.2, 0) is 4.79 Å². The smallest absolute Gasteiger partial charge is 0.325 e. The van der Waals surface area contributed by atoms with Gasteiger partial charge in [0.1, 0.15) is 12.1 Å². The van der Waals surface area contributed by atoms with E-state index in [-0.39, 0.29) is 0 Å². The minimum atomic E-state index is -0.959. The van der Waals surface area contributed by atoms with Gasteiger partial charge in [-0.1, -0.05) is 6.07 Å². The van der Waals surface area contributed by atoms with Crippen molar-refractivity contribution in [2.24, 2.45) is 0 Å². The standard InChI is InChI=1S/C10H9BrN2O2/c1-6(10(14)15)13-9-4-2-3-8(11)7(9)5-12/h2-4,6,13H,1H3,(H,14,15). The number of halogens is 1. The van der Waals surface area contributed by atoms with Crippen LogP contribution in [0.2, 0.25) is 0 Å². The molecule has 2 N–H and O–H groups in total. The Morgan fingerprint density at radius 3 is 2.87 bits per heavy atom. The highest BCUT2D eigenvalue weighted by molar-refractivity contribution is 9.10. The van der Waals surface area contributed by atoms with Crippen molar-refractivity contribution < 1.29 is 9.90 Å². The molecule has 0 spiro atoms. The Balaban J connectivity index is 3.01. The Morgan fingerprint density at radius 1 is 1.67 bits per heavy atom. The zero-order valence-corrected chi connectivity index (χ0v) is 9.58. The number of nitrogens with zero attached hydrogens (tertiary/aromatic N) is 1. The van der Waals surface area contributed by atoms with Crippen LogP contribution in [0.5, 0.6) is 0 Å². The summed E-state index contributed by atoms with van der Waals surface area (Å²) in [6.45, 7) is 1.52. The first kappa shape index (κ1) is 11.5. The molecule has 1 rings (SSSR count). The van der Waals surface area contributed by atoms with E-state index in [4.69, 9.17) is 10.4 Å². The molecule has 0 aromatic heterocycles.